The highest BCUT2D eigenvalue weighted by molar-refractivity contribution is 5.91. The third-order valence-corrected chi connectivity index (χ3v) is 3.72. The molecule has 0 radical (unpaired) electrons. The molecule has 0 atom stereocenters. The molecule has 0 saturated carbocycles. The van der Waals surface area contributed by atoms with Gasteiger partial charge in [-0.05, 0) is 30.3 Å². The smallest absolute Gasteiger partial charge is 0.332 e. The minimum Gasteiger partial charge on any atom is -0.508 e. The predicted octanol–water partition coefficient (Wildman–Crippen LogP) is 2.75. The van der Waals surface area contributed by atoms with E-state index >= 15 is 0 Å². The van der Waals surface area contributed by atoms with E-state index in [-0.39, 0.29) is 11.6 Å². The van der Waals surface area contributed by atoms with Crippen molar-refractivity contribution in [2.45, 2.75) is 0 Å². The van der Waals surface area contributed by atoms with Crippen molar-refractivity contribution in [3.05, 3.63) is 48.5 Å². The minimum atomic E-state index is -0.528. The zero-order valence-corrected chi connectivity index (χ0v) is 14.5. The van der Waals surface area contributed by atoms with E-state index in [0.717, 1.165) is 5.06 Å². The van der Waals surface area contributed by atoms with Gasteiger partial charge in [0, 0.05) is 30.4 Å². The third-order valence-electron chi connectivity index (χ3n) is 3.72. The van der Waals surface area contributed by atoms with Crippen LogP contribution in [0.25, 0.3) is 22.6 Å². The van der Waals surface area contributed by atoms with Gasteiger partial charge in [-0.15, -0.1) is 0 Å². The number of carbonyl (C=O) groups excluding carboxylic acids is 1. The number of phenols is 1. The molecule has 3 rings (SSSR count). The fourth-order valence-corrected chi connectivity index (χ4v) is 2.27. The number of hydrogen-bond donors (Lipinski definition) is 1. The molecule has 0 bridgehead atoms. The summed E-state index contributed by atoms with van der Waals surface area (Å²) in [4.78, 5) is 25.7. The molecule has 26 heavy (non-hydrogen) atoms. The van der Waals surface area contributed by atoms with Gasteiger partial charge in [-0.3, -0.25) is 9.63 Å². The van der Waals surface area contributed by atoms with Gasteiger partial charge in [0.25, 0.3) is 5.89 Å². The molecule has 0 saturated heterocycles. The molecule has 0 aliphatic carbocycles. The number of hydroxylamine groups is 2. The molecule has 3 aromatic rings. The van der Waals surface area contributed by atoms with Crippen LogP contribution in [-0.2, 0) is 4.84 Å². The van der Waals surface area contributed by atoms with E-state index in [1.807, 2.05) is 0 Å². The monoisotopic (exact) mass is 355 g/mol. The lowest BCUT2D eigenvalue weighted by Gasteiger charge is -2.10. The van der Waals surface area contributed by atoms with E-state index in [9.17, 15) is 9.90 Å². The topological polar surface area (TPSA) is 97.9 Å². The summed E-state index contributed by atoms with van der Waals surface area (Å²) in [6, 6.07) is 9.85. The summed E-state index contributed by atoms with van der Waals surface area (Å²) in [6.45, 7) is 0. The lowest BCUT2D eigenvalue weighted by atomic mass is 10.1. The Bertz CT molecular complexity index is 904. The fourth-order valence-electron chi connectivity index (χ4n) is 2.27. The zero-order chi connectivity index (χ0) is 18.7. The fraction of sp³-hybridized carbons (Fsp3) is 0.167. The van der Waals surface area contributed by atoms with Crippen molar-refractivity contribution in [3.63, 3.8) is 0 Å². The van der Waals surface area contributed by atoms with Gasteiger partial charge >= 0.3 is 5.91 Å². The van der Waals surface area contributed by atoms with Crippen LogP contribution in [0.3, 0.4) is 0 Å². The molecule has 1 aromatic carbocycles. The first kappa shape index (κ1) is 17.4. The first-order chi connectivity index (χ1) is 12.5. The number of benzene rings is 1. The minimum absolute atomic E-state index is 0.122. The van der Waals surface area contributed by atoms with Crippen LogP contribution in [0.4, 0.5) is 0 Å². The summed E-state index contributed by atoms with van der Waals surface area (Å²) in [6.07, 6.45) is 1.58. The van der Waals surface area contributed by atoms with Crippen LogP contribution >= 0.6 is 0 Å². The third kappa shape index (κ3) is 3.35. The molecular formula is C18H17N3O5. The van der Waals surface area contributed by atoms with E-state index in [0.29, 0.717) is 28.5 Å². The number of methoxy groups -OCH3 is 1. The second kappa shape index (κ2) is 7.24. The number of aromatic nitrogens is 2. The molecule has 2 heterocycles. The van der Waals surface area contributed by atoms with Crippen molar-refractivity contribution in [2.75, 3.05) is 21.3 Å². The van der Waals surface area contributed by atoms with Crippen LogP contribution in [-0.4, -0.2) is 47.3 Å². The Morgan fingerprint density at radius 1 is 1.12 bits per heavy atom. The molecule has 8 nitrogen and oxygen atoms in total. The van der Waals surface area contributed by atoms with Crippen LogP contribution in [0, 0.1) is 0 Å². The van der Waals surface area contributed by atoms with Gasteiger partial charge in [0.1, 0.15) is 11.4 Å². The van der Waals surface area contributed by atoms with Crippen LogP contribution < -0.4 is 4.74 Å². The number of pyridine rings is 1. The Balaban J connectivity index is 2.11. The second-order valence-corrected chi connectivity index (χ2v) is 5.32. The SMILES string of the molecule is COc1ccc(-c2nc(C(=O)N(C)OC)oc2-c2ccc(O)cc2)cn1. The Morgan fingerprint density at radius 3 is 2.38 bits per heavy atom. The number of aromatic hydroxyl groups is 1. The van der Waals surface area contributed by atoms with E-state index in [4.69, 9.17) is 14.0 Å². The first-order valence-electron chi connectivity index (χ1n) is 7.66. The zero-order valence-electron chi connectivity index (χ0n) is 14.5. The van der Waals surface area contributed by atoms with Gasteiger partial charge in [-0.25, -0.2) is 15.0 Å². The number of carbonyl (C=O) groups is 1. The van der Waals surface area contributed by atoms with Crippen molar-refractivity contribution < 1.29 is 23.9 Å². The Kier molecular flexibility index (Phi) is 4.85. The standard InChI is InChI=1S/C18H17N3O5/c1-21(25-3)18(23)17-20-15(12-6-9-14(24-2)19-10-12)16(26-17)11-4-7-13(22)8-5-11/h4-10,22H,1-3H3. The Labute approximate surface area is 149 Å². The maximum atomic E-state index is 12.3. The summed E-state index contributed by atoms with van der Waals surface area (Å²) in [5.74, 6) is 0.309. The van der Waals surface area contributed by atoms with Crippen molar-refractivity contribution in [2.24, 2.45) is 0 Å². The largest absolute Gasteiger partial charge is 0.508 e. The molecular weight excluding hydrogens is 338 g/mol. The van der Waals surface area contributed by atoms with E-state index in [1.54, 1.807) is 30.5 Å². The first-order valence-corrected chi connectivity index (χ1v) is 7.66. The molecule has 0 aliphatic rings. The molecule has 134 valence electrons. The number of oxazole rings is 1. The molecule has 0 unspecified atom stereocenters. The average molecular weight is 355 g/mol. The average Bonchev–Trinajstić information content (AvgIpc) is 3.12. The molecule has 1 N–H and O–H groups in total. The van der Waals surface area contributed by atoms with Crippen LogP contribution in [0.1, 0.15) is 10.7 Å². The predicted molar refractivity (Wildman–Crippen MR) is 92.5 cm³/mol. The number of rotatable bonds is 5. The van der Waals surface area contributed by atoms with Crippen molar-refractivity contribution >= 4 is 5.91 Å². The van der Waals surface area contributed by atoms with Gasteiger partial charge in [0.05, 0.1) is 14.2 Å². The maximum absolute atomic E-state index is 12.3. The second-order valence-electron chi connectivity index (χ2n) is 5.32. The number of amides is 1. The highest BCUT2D eigenvalue weighted by Gasteiger charge is 2.24. The maximum Gasteiger partial charge on any atom is 0.332 e. The normalized spacial score (nSPS) is 10.6. The molecule has 0 spiro atoms. The lowest BCUT2D eigenvalue weighted by Crippen LogP contribution is -2.25. The van der Waals surface area contributed by atoms with Crippen molar-refractivity contribution in [1.82, 2.24) is 15.0 Å². The molecule has 2 aromatic heterocycles. The quantitative estimate of drug-likeness (QED) is 0.703. The van der Waals surface area contributed by atoms with Crippen LogP contribution in [0.2, 0.25) is 0 Å². The highest BCUT2D eigenvalue weighted by atomic mass is 16.7. The number of phenolic OH excluding ortho intramolecular Hbond substituents is 1. The summed E-state index contributed by atoms with van der Waals surface area (Å²) in [5.41, 5.74) is 1.75. The van der Waals surface area contributed by atoms with Gasteiger partial charge < -0.3 is 14.3 Å². The summed E-state index contributed by atoms with van der Waals surface area (Å²) < 4.78 is 10.8. The van der Waals surface area contributed by atoms with E-state index in [2.05, 4.69) is 9.97 Å². The summed E-state index contributed by atoms with van der Waals surface area (Å²) >= 11 is 0. The molecule has 1 amide bonds. The molecule has 0 aliphatic heterocycles. The van der Waals surface area contributed by atoms with Gasteiger partial charge in [0.2, 0.25) is 5.88 Å². The van der Waals surface area contributed by atoms with Gasteiger partial charge in [-0.2, -0.15) is 0 Å². The van der Waals surface area contributed by atoms with Gasteiger partial charge in [0.15, 0.2) is 5.76 Å². The Morgan fingerprint density at radius 2 is 1.81 bits per heavy atom. The Hall–Kier alpha value is -3.39. The number of hydrogen-bond acceptors (Lipinski definition) is 7. The number of nitrogens with zero attached hydrogens (tertiary/aromatic N) is 3. The van der Waals surface area contributed by atoms with Crippen LogP contribution in [0.15, 0.2) is 47.0 Å². The summed E-state index contributed by atoms with van der Waals surface area (Å²) in [5, 5.41) is 10.5. The number of ether oxygens (including phenoxy) is 1. The summed E-state index contributed by atoms with van der Waals surface area (Å²) in [7, 11) is 4.36. The van der Waals surface area contributed by atoms with Crippen molar-refractivity contribution in [1.29, 1.82) is 0 Å². The molecule has 0 fully saturated rings. The van der Waals surface area contributed by atoms with E-state index in [1.165, 1.54) is 33.4 Å². The highest BCUT2D eigenvalue weighted by Crippen LogP contribution is 2.33. The van der Waals surface area contributed by atoms with Crippen LogP contribution in [0.5, 0.6) is 11.6 Å². The van der Waals surface area contributed by atoms with E-state index < -0.39 is 5.91 Å². The van der Waals surface area contributed by atoms with Gasteiger partial charge in [-0.1, -0.05) is 0 Å². The molecule has 8 heteroatoms. The van der Waals surface area contributed by atoms with Crippen molar-refractivity contribution in [3.8, 4) is 34.2 Å². The lowest BCUT2D eigenvalue weighted by molar-refractivity contribution is -0.0777.